The zero-order chi connectivity index (χ0) is 26.2. The number of aryl methyl sites for hydroxylation is 2. The zero-order valence-corrected chi connectivity index (χ0v) is 23.8. The van der Waals surface area contributed by atoms with Crippen molar-refractivity contribution in [2.45, 2.75) is 62.9 Å². The lowest BCUT2D eigenvalue weighted by atomic mass is 9.83. The molecule has 2 fully saturated rings. The van der Waals surface area contributed by atoms with Crippen LogP contribution in [0, 0.1) is 19.8 Å². The molecule has 1 aromatic carbocycles. The van der Waals surface area contributed by atoms with Gasteiger partial charge in [0.25, 0.3) is 0 Å². The van der Waals surface area contributed by atoms with Gasteiger partial charge in [0.1, 0.15) is 23.3 Å². The van der Waals surface area contributed by atoms with Crippen molar-refractivity contribution >= 4 is 16.9 Å². The minimum atomic E-state index is -1.30. The summed E-state index contributed by atoms with van der Waals surface area (Å²) in [5.74, 6) is 1.53. The SMILES string of the molecule is COc1cc(C)c(S(=O)N(C)CCOCC(=O)N(C)C2CCC(CCN(C)C3COC3)CC2)c(C)c1. The van der Waals surface area contributed by atoms with Gasteiger partial charge in [-0.25, -0.2) is 8.51 Å². The van der Waals surface area contributed by atoms with Gasteiger partial charge in [-0.3, -0.25) is 9.69 Å². The van der Waals surface area contributed by atoms with Crippen LogP contribution in [0.5, 0.6) is 5.75 Å². The molecule has 0 N–H and O–H groups in total. The van der Waals surface area contributed by atoms with Gasteiger partial charge in [-0.05, 0) is 88.7 Å². The number of benzene rings is 1. The number of carbonyl (C=O) groups is 1. The molecule has 0 bridgehead atoms. The molecule has 36 heavy (non-hydrogen) atoms. The number of hydrogen-bond acceptors (Lipinski definition) is 6. The first kappa shape index (κ1) is 29.0. The third kappa shape index (κ3) is 7.74. The summed E-state index contributed by atoms with van der Waals surface area (Å²) in [6, 6.07) is 4.69. The van der Waals surface area contributed by atoms with Crippen molar-refractivity contribution in [2.24, 2.45) is 5.92 Å². The third-order valence-electron chi connectivity index (χ3n) is 7.79. The number of amides is 1. The summed E-state index contributed by atoms with van der Waals surface area (Å²) in [6.45, 7) is 7.64. The smallest absolute Gasteiger partial charge is 0.248 e. The molecule has 0 aromatic heterocycles. The Morgan fingerprint density at radius 1 is 1.03 bits per heavy atom. The van der Waals surface area contributed by atoms with Crippen molar-refractivity contribution in [1.82, 2.24) is 14.1 Å². The molecule has 1 heterocycles. The van der Waals surface area contributed by atoms with Gasteiger partial charge in [-0.2, -0.15) is 0 Å². The number of nitrogens with zero attached hydrogens (tertiary/aromatic N) is 3. The largest absolute Gasteiger partial charge is 0.497 e. The van der Waals surface area contributed by atoms with Crippen LogP contribution < -0.4 is 4.74 Å². The van der Waals surface area contributed by atoms with Gasteiger partial charge >= 0.3 is 0 Å². The second-order valence-electron chi connectivity index (χ2n) is 10.4. The third-order valence-corrected chi connectivity index (χ3v) is 9.54. The van der Waals surface area contributed by atoms with Crippen LogP contribution in [0.2, 0.25) is 0 Å². The van der Waals surface area contributed by atoms with Crippen LogP contribution >= 0.6 is 0 Å². The average Bonchev–Trinajstić information content (AvgIpc) is 2.83. The molecule has 1 saturated heterocycles. The maximum Gasteiger partial charge on any atom is 0.248 e. The van der Waals surface area contributed by atoms with Crippen molar-refractivity contribution < 1.29 is 23.2 Å². The van der Waals surface area contributed by atoms with Crippen LogP contribution in [0.1, 0.15) is 43.2 Å². The molecule has 204 valence electrons. The minimum absolute atomic E-state index is 0.0220. The minimum Gasteiger partial charge on any atom is -0.497 e. The molecule has 1 aliphatic carbocycles. The van der Waals surface area contributed by atoms with E-state index in [0.29, 0.717) is 25.2 Å². The fourth-order valence-corrected chi connectivity index (χ4v) is 6.29. The Bertz CT molecular complexity index is 863. The van der Waals surface area contributed by atoms with Gasteiger partial charge in [-0.1, -0.05) is 0 Å². The predicted molar refractivity (Wildman–Crippen MR) is 143 cm³/mol. The van der Waals surface area contributed by atoms with E-state index in [0.717, 1.165) is 60.3 Å². The molecule has 1 aromatic rings. The fourth-order valence-electron chi connectivity index (χ4n) is 5.07. The van der Waals surface area contributed by atoms with Gasteiger partial charge in [0, 0.05) is 26.7 Å². The van der Waals surface area contributed by atoms with Gasteiger partial charge in [0.2, 0.25) is 5.91 Å². The number of carbonyl (C=O) groups excluding carboxylic acids is 1. The quantitative estimate of drug-likeness (QED) is 0.370. The van der Waals surface area contributed by atoms with Crippen LogP contribution in [0.15, 0.2) is 17.0 Å². The Kier molecular flexibility index (Phi) is 11.2. The first-order valence-electron chi connectivity index (χ1n) is 13.1. The summed E-state index contributed by atoms with van der Waals surface area (Å²) in [4.78, 5) is 17.8. The van der Waals surface area contributed by atoms with Crippen molar-refractivity contribution in [1.29, 1.82) is 0 Å². The summed E-state index contributed by atoms with van der Waals surface area (Å²) in [7, 11) is 6.24. The monoisotopic (exact) mass is 523 g/mol. The number of methoxy groups -OCH3 is 1. The lowest BCUT2D eigenvalue weighted by Crippen LogP contribution is -2.47. The van der Waals surface area contributed by atoms with Gasteiger partial charge < -0.3 is 19.1 Å². The molecule has 9 heteroatoms. The van der Waals surface area contributed by atoms with E-state index >= 15 is 0 Å². The van der Waals surface area contributed by atoms with Crippen LogP contribution in [-0.4, -0.2) is 104 Å². The summed E-state index contributed by atoms with van der Waals surface area (Å²) >= 11 is 0. The summed E-state index contributed by atoms with van der Waals surface area (Å²) in [5, 5.41) is 0. The van der Waals surface area contributed by atoms with Crippen molar-refractivity contribution in [3.8, 4) is 5.75 Å². The van der Waals surface area contributed by atoms with Crippen molar-refractivity contribution in [3.63, 3.8) is 0 Å². The molecule has 0 spiro atoms. The van der Waals surface area contributed by atoms with Crippen LogP contribution in [0.4, 0.5) is 0 Å². The zero-order valence-electron chi connectivity index (χ0n) is 23.0. The van der Waals surface area contributed by atoms with Crippen molar-refractivity contribution in [2.75, 3.05) is 67.8 Å². The normalized spacial score (nSPS) is 21.4. The lowest BCUT2D eigenvalue weighted by Gasteiger charge is -2.37. The van der Waals surface area contributed by atoms with E-state index in [1.54, 1.807) is 11.4 Å². The Labute approximate surface area is 219 Å². The molecule has 1 atom stereocenters. The highest BCUT2D eigenvalue weighted by Crippen LogP contribution is 2.30. The molecule has 1 aliphatic heterocycles. The Hall–Kier alpha value is -1.52. The van der Waals surface area contributed by atoms with Crippen molar-refractivity contribution in [3.05, 3.63) is 23.3 Å². The molecule has 8 nitrogen and oxygen atoms in total. The number of hydrogen-bond donors (Lipinski definition) is 0. The molecule has 1 amide bonds. The van der Waals surface area contributed by atoms with Crippen LogP contribution in [-0.2, 0) is 25.3 Å². The Morgan fingerprint density at radius 3 is 2.22 bits per heavy atom. The maximum atomic E-state index is 13.0. The van der Waals surface area contributed by atoms with E-state index < -0.39 is 11.0 Å². The van der Waals surface area contributed by atoms with E-state index in [2.05, 4.69) is 11.9 Å². The maximum absolute atomic E-state index is 13.0. The van der Waals surface area contributed by atoms with E-state index in [4.69, 9.17) is 14.2 Å². The number of likely N-dealkylation sites (N-methyl/N-ethyl adjacent to an activating group) is 3. The second-order valence-corrected chi connectivity index (χ2v) is 11.9. The standard InChI is InChI=1S/C27H45N3O5S/c1-20-15-25(33-6)16-21(2)27(20)36(32)29(4)13-14-34-19-26(31)30(5)23-9-7-22(8-10-23)11-12-28(3)24-17-35-18-24/h15-16,22-24H,7-14,17-19H2,1-6H3. The summed E-state index contributed by atoms with van der Waals surface area (Å²) in [6.07, 6.45) is 5.71. The first-order valence-corrected chi connectivity index (χ1v) is 14.2. The predicted octanol–water partition coefficient (Wildman–Crippen LogP) is 3.02. The highest BCUT2D eigenvalue weighted by molar-refractivity contribution is 7.82. The van der Waals surface area contributed by atoms with Crippen LogP contribution in [0.25, 0.3) is 0 Å². The van der Waals surface area contributed by atoms with Gasteiger partial charge in [0.05, 0.1) is 37.9 Å². The molecule has 2 aliphatic rings. The Morgan fingerprint density at radius 2 is 1.67 bits per heavy atom. The summed E-state index contributed by atoms with van der Waals surface area (Å²) in [5.41, 5.74) is 1.87. The van der Waals surface area contributed by atoms with E-state index in [1.807, 2.05) is 45.0 Å². The highest BCUT2D eigenvalue weighted by Gasteiger charge is 2.28. The first-order chi connectivity index (χ1) is 17.2. The topological polar surface area (TPSA) is 71.5 Å². The summed E-state index contributed by atoms with van der Waals surface area (Å²) < 4.78 is 31.1. The molecule has 0 radical (unpaired) electrons. The number of rotatable bonds is 13. The molecule has 3 rings (SSSR count). The Balaban J connectivity index is 1.33. The number of ether oxygens (including phenoxy) is 3. The van der Waals surface area contributed by atoms with E-state index in [-0.39, 0.29) is 12.5 Å². The van der Waals surface area contributed by atoms with Gasteiger partial charge in [0.15, 0.2) is 0 Å². The van der Waals surface area contributed by atoms with E-state index in [9.17, 15) is 9.00 Å². The molecular formula is C27H45N3O5S. The highest BCUT2D eigenvalue weighted by atomic mass is 32.2. The second kappa shape index (κ2) is 13.9. The average molecular weight is 524 g/mol. The van der Waals surface area contributed by atoms with Crippen LogP contribution in [0.3, 0.4) is 0 Å². The van der Waals surface area contributed by atoms with Gasteiger partial charge in [-0.15, -0.1) is 0 Å². The fraction of sp³-hybridized carbons (Fsp3) is 0.741. The molecule has 1 saturated carbocycles. The molecule has 1 unspecified atom stereocenters. The molecular weight excluding hydrogens is 478 g/mol. The van der Waals surface area contributed by atoms with E-state index in [1.165, 1.54) is 19.3 Å². The lowest BCUT2D eigenvalue weighted by molar-refractivity contribution is -0.137.